The summed E-state index contributed by atoms with van der Waals surface area (Å²) in [6, 6.07) is 9.81. The van der Waals surface area contributed by atoms with Gasteiger partial charge in [0.15, 0.2) is 0 Å². The van der Waals surface area contributed by atoms with E-state index in [9.17, 15) is 4.79 Å². The van der Waals surface area contributed by atoms with Gasteiger partial charge in [-0.2, -0.15) is 0 Å². The molecule has 0 aliphatic heterocycles. The molecule has 0 fully saturated rings. The van der Waals surface area contributed by atoms with Crippen LogP contribution in [-0.2, 0) is 11.3 Å². The fourth-order valence-electron chi connectivity index (χ4n) is 1.85. The van der Waals surface area contributed by atoms with Gasteiger partial charge in [0, 0.05) is 6.54 Å². The molecule has 110 valence electrons. The van der Waals surface area contributed by atoms with E-state index in [0.717, 1.165) is 5.56 Å². The van der Waals surface area contributed by atoms with Gasteiger partial charge < -0.3 is 15.8 Å². The van der Waals surface area contributed by atoms with Crippen molar-refractivity contribution in [3.05, 3.63) is 53.2 Å². The van der Waals surface area contributed by atoms with Gasteiger partial charge in [0.1, 0.15) is 5.82 Å². The molecule has 1 heterocycles. The normalized spacial score (nSPS) is 10.2. The minimum Gasteiger partial charge on any atom is -0.462 e. The van der Waals surface area contributed by atoms with Gasteiger partial charge in [-0.05, 0) is 25.5 Å². The topological polar surface area (TPSA) is 77.2 Å². The van der Waals surface area contributed by atoms with Crippen LogP contribution in [0.5, 0.6) is 0 Å². The highest BCUT2D eigenvalue weighted by atomic mass is 16.5. The molecule has 0 saturated heterocycles. The lowest BCUT2D eigenvalue weighted by Crippen LogP contribution is -2.10. The Bertz CT molecular complexity index is 624. The van der Waals surface area contributed by atoms with Crippen LogP contribution in [0.15, 0.2) is 36.5 Å². The first kappa shape index (κ1) is 14.8. The largest absolute Gasteiger partial charge is 0.462 e. The van der Waals surface area contributed by atoms with Gasteiger partial charge in [0.25, 0.3) is 0 Å². The molecular formula is C16H19N3O2. The molecule has 2 aromatic rings. The molecule has 0 amide bonds. The van der Waals surface area contributed by atoms with E-state index in [4.69, 9.17) is 10.5 Å². The SMILES string of the molecule is CCOC(=O)c1cc(NCc2ccc(C)cc2)ncc1N. The Morgan fingerprint density at radius 3 is 2.71 bits per heavy atom. The molecule has 5 heteroatoms. The van der Waals surface area contributed by atoms with Crippen LogP contribution in [0.2, 0.25) is 0 Å². The standard InChI is InChI=1S/C16H19N3O2/c1-3-21-16(20)13-8-15(19-10-14(13)17)18-9-12-6-4-11(2)5-7-12/h4-8,10H,3,9,17H2,1-2H3,(H,18,19). The highest BCUT2D eigenvalue weighted by Gasteiger charge is 2.12. The number of pyridine rings is 1. The molecule has 0 aliphatic carbocycles. The van der Waals surface area contributed by atoms with Gasteiger partial charge in [-0.25, -0.2) is 9.78 Å². The highest BCUT2D eigenvalue weighted by Crippen LogP contribution is 2.17. The third-order valence-corrected chi connectivity index (χ3v) is 3.02. The zero-order chi connectivity index (χ0) is 15.2. The van der Waals surface area contributed by atoms with Crippen LogP contribution in [0.3, 0.4) is 0 Å². The molecule has 1 aromatic heterocycles. The Labute approximate surface area is 124 Å². The van der Waals surface area contributed by atoms with Gasteiger partial charge in [-0.15, -0.1) is 0 Å². The van der Waals surface area contributed by atoms with Crippen molar-refractivity contribution in [2.45, 2.75) is 20.4 Å². The Hall–Kier alpha value is -2.56. The van der Waals surface area contributed by atoms with Gasteiger partial charge in [-0.3, -0.25) is 0 Å². The molecule has 5 nitrogen and oxygen atoms in total. The predicted molar refractivity (Wildman–Crippen MR) is 83.1 cm³/mol. The molecule has 2 rings (SSSR count). The molecule has 3 N–H and O–H groups in total. The number of nitrogens with one attached hydrogen (secondary N) is 1. The van der Waals surface area contributed by atoms with Gasteiger partial charge in [0.2, 0.25) is 0 Å². The minimum absolute atomic E-state index is 0.312. The summed E-state index contributed by atoms with van der Waals surface area (Å²) in [6.07, 6.45) is 1.46. The number of benzene rings is 1. The van der Waals surface area contributed by atoms with Crippen LogP contribution in [-0.4, -0.2) is 17.6 Å². The second-order valence-electron chi connectivity index (χ2n) is 4.72. The number of rotatable bonds is 5. The molecular weight excluding hydrogens is 266 g/mol. The zero-order valence-corrected chi connectivity index (χ0v) is 12.2. The molecule has 1 aromatic carbocycles. The number of anilines is 2. The maximum absolute atomic E-state index is 11.8. The summed E-state index contributed by atoms with van der Waals surface area (Å²) < 4.78 is 4.97. The Balaban J connectivity index is 2.08. The number of nitrogens with two attached hydrogens (primary N) is 1. The summed E-state index contributed by atoms with van der Waals surface area (Å²) in [5.74, 6) is 0.156. The average Bonchev–Trinajstić information content (AvgIpc) is 2.48. The molecule has 0 spiro atoms. The van der Waals surface area contributed by atoms with Crippen molar-refractivity contribution in [1.82, 2.24) is 4.98 Å². The van der Waals surface area contributed by atoms with Crippen molar-refractivity contribution < 1.29 is 9.53 Å². The van der Waals surface area contributed by atoms with E-state index in [1.54, 1.807) is 13.0 Å². The number of esters is 1. The lowest BCUT2D eigenvalue weighted by atomic mass is 10.1. The molecule has 0 saturated carbocycles. The second kappa shape index (κ2) is 6.74. The molecule has 0 radical (unpaired) electrons. The molecule has 0 aliphatic rings. The van der Waals surface area contributed by atoms with Crippen LogP contribution in [0, 0.1) is 6.92 Å². The first-order valence-corrected chi connectivity index (χ1v) is 6.82. The third kappa shape index (κ3) is 3.95. The number of nitrogens with zero attached hydrogens (tertiary/aromatic N) is 1. The highest BCUT2D eigenvalue weighted by molar-refractivity contribution is 5.95. The molecule has 0 atom stereocenters. The lowest BCUT2D eigenvalue weighted by molar-refractivity contribution is 0.0527. The van der Waals surface area contributed by atoms with Crippen molar-refractivity contribution in [1.29, 1.82) is 0 Å². The van der Waals surface area contributed by atoms with E-state index in [0.29, 0.717) is 30.2 Å². The maximum atomic E-state index is 11.8. The van der Waals surface area contributed by atoms with E-state index >= 15 is 0 Å². The summed E-state index contributed by atoms with van der Waals surface area (Å²) in [4.78, 5) is 15.9. The number of aryl methyl sites for hydroxylation is 1. The molecule has 0 bridgehead atoms. The van der Waals surface area contributed by atoms with Crippen LogP contribution >= 0.6 is 0 Å². The van der Waals surface area contributed by atoms with E-state index in [1.807, 2.05) is 19.1 Å². The van der Waals surface area contributed by atoms with Crippen molar-refractivity contribution in [2.24, 2.45) is 0 Å². The number of nitrogen functional groups attached to an aromatic ring is 1. The van der Waals surface area contributed by atoms with Crippen molar-refractivity contribution in [2.75, 3.05) is 17.7 Å². The van der Waals surface area contributed by atoms with Crippen molar-refractivity contribution in [3.8, 4) is 0 Å². The first-order chi connectivity index (χ1) is 10.1. The Morgan fingerprint density at radius 1 is 1.33 bits per heavy atom. The summed E-state index contributed by atoms with van der Waals surface area (Å²) in [5, 5.41) is 3.17. The maximum Gasteiger partial charge on any atom is 0.340 e. The fraction of sp³-hybridized carbons (Fsp3) is 0.250. The van der Waals surface area contributed by atoms with E-state index in [1.165, 1.54) is 11.8 Å². The number of hydrogen-bond acceptors (Lipinski definition) is 5. The van der Waals surface area contributed by atoms with Gasteiger partial charge in [-0.1, -0.05) is 29.8 Å². The van der Waals surface area contributed by atoms with Crippen molar-refractivity contribution in [3.63, 3.8) is 0 Å². The number of ether oxygens (including phenoxy) is 1. The molecule has 0 unspecified atom stereocenters. The van der Waals surface area contributed by atoms with Crippen LogP contribution in [0.25, 0.3) is 0 Å². The fourth-order valence-corrected chi connectivity index (χ4v) is 1.85. The quantitative estimate of drug-likeness (QED) is 0.826. The average molecular weight is 285 g/mol. The summed E-state index contributed by atoms with van der Waals surface area (Å²) in [6.45, 7) is 4.74. The third-order valence-electron chi connectivity index (χ3n) is 3.02. The van der Waals surface area contributed by atoms with Gasteiger partial charge >= 0.3 is 5.97 Å². The Kier molecular flexibility index (Phi) is 4.77. The zero-order valence-electron chi connectivity index (χ0n) is 12.2. The van der Waals surface area contributed by atoms with E-state index in [2.05, 4.69) is 22.4 Å². The number of carbonyl (C=O) groups excluding carboxylic acids is 1. The number of aromatic nitrogens is 1. The van der Waals surface area contributed by atoms with Crippen LogP contribution in [0.4, 0.5) is 11.5 Å². The van der Waals surface area contributed by atoms with Crippen molar-refractivity contribution >= 4 is 17.5 Å². The lowest BCUT2D eigenvalue weighted by Gasteiger charge is -2.09. The minimum atomic E-state index is -0.434. The van der Waals surface area contributed by atoms with E-state index in [-0.39, 0.29) is 0 Å². The summed E-state index contributed by atoms with van der Waals surface area (Å²) >= 11 is 0. The van der Waals surface area contributed by atoms with E-state index < -0.39 is 5.97 Å². The first-order valence-electron chi connectivity index (χ1n) is 6.82. The summed E-state index contributed by atoms with van der Waals surface area (Å²) in [5.41, 5.74) is 8.75. The predicted octanol–water partition coefficient (Wildman–Crippen LogP) is 2.76. The monoisotopic (exact) mass is 285 g/mol. The Morgan fingerprint density at radius 2 is 2.05 bits per heavy atom. The van der Waals surface area contributed by atoms with Crippen LogP contribution in [0.1, 0.15) is 28.4 Å². The molecule has 21 heavy (non-hydrogen) atoms. The smallest absolute Gasteiger partial charge is 0.340 e. The summed E-state index contributed by atoms with van der Waals surface area (Å²) in [7, 11) is 0. The van der Waals surface area contributed by atoms with Gasteiger partial charge in [0.05, 0.1) is 24.1 Å². The number of carbonyl (C=O) groups is 1. The van der Waals surface area contributed by atoms with Crippen LogP contribution < -0.4 is 11.1 Å². The number of hydrogen-bond donors (Lipinski definition) is 2. The second-order valence-corrected chi connectivity index (χ2v) is 4.72.